The van der Waals surface area contributed by atoms with Crippen molar-refractivity contribution in [2.24, 2.45) is 0 Å². The van der Waals surface area contributed by atoms with Gasteiger partial charge in [-0.3, -0.25) is 9.59 Å². The third-order valence-corrected chi connectivity index (χ3v) is 4.54. The second kappa shape index (κ2) is 8.86. The van der Waals surface area contributed by atoms with Gasteiger partial charge < -0.3 is 14.6 Å². The summed E-state index contributed by atoms with van der Waals surface area (Å²) >= 11 is 5.86. The number of carbonyl (C=O) groups is 3. The average molecular weight is 391 g/mol. The third kappa shape index (κ3) is 4.57. The molecule has 0 aliphatic rings. The van der Waals surface area contributed by atoms with Gasteiger partial charge in [0, 0.05) is 28.4 Å². The first-order valence-corrected chi connectivity index (χ1v) is 9.12. The molecule has 0 spiro atoms. The maximum Gasteiger partial charge on any atom is 0.355 e. The molecule has 0 aliphatic heterocycles. The fourth-order valence-electron chi connectivity index (χ4n) is 2.93. The Morgan fingerprint density at radius 2 is 1.74 bits per heavy atom. The molecule has 0 aliphatic carbocycles. The molecular weight excluding hydrogens is 368 g/mol. The van der Waals surface area contributed by atoms with E-state index >= 15 is 0 Å². The monoisotopic (exact) mass is 390 g/mol. The highest BCUT2D eigenvalue weighted by Crippen LogP contribution is 2.20. The maximum atomic E-state index is 12.9. The average Bonchev–Trinajstić information content (AvgIpc) is 2.94. The third-order valence-electron chi connectivity index (χ3n) is 4.29. The Morgan fingerprint density at radius 3 is 2.30 bits per heavy atom. The molecule has 1 aromatic heterocycles. The summed E-state index contributed by atoms with van der Waals surface area (Å²) in [6.07, 6.45) is 0. The summed E-state index contributed by atoms with van der Waals surface area (Å²) in [5.74, 6) is -0.985. The minimum Gasteiger partial charge on any atom is -0.461 e. The van der Waals surface area contributed by atoms with Crippen LogP contribution >= 0.6 is 11.6 Å². The smallest absolute Gasteiger partial charge is 0.355 e. The van der Waals surface area contributed by atoms with E-state index in [1.807, 2.05) is 6.92 Å². The Hall–Kier alpha value is -2.60. The molecule has 1 aromatic carbocycles. The van der Waals surface area contributed by atoms with Crippen LogP contribution in [0.15, 0.2) is 24.3 Å². The number of Topliss-reactive ketones (excluding diaryl/α,β-unsaturated/α-hetero) is 1. The van der Waals surface area contributed by atoms with Gasteiger partial charge in [-0.25, -0.2) is 4.79 Å². The van der Waals surface area contributed by atoms with Gasteiger partial charge in [0.2, 0.25) is 0 Å². The van der Waals surface area contributed by atoms with Crippen molar-refractivity contribution in [1.82, 2.24) is 9.88 Å². The molecule has 0 atom stereocenters. The number of aromatic amines is 1. The molecule has 0 saturated carbocycles. The molecule has 27 heavy (non-hydrogen) atoms. The molecule has 144 valence electrons. The van der Waals surface area contributed by atoms with Crippen molar-refractivity contribution < 1.29 is 19.1 Å². The van der Waals surface area contributed by atoms with Crippen LogP contribution in [0.3, 0.4) is 0 Å². The Morgan fingerprint density at radius 1 is 1.11 bits per heavy atom. The lowest BCUT2D eigenvalue weighted by Crippen LogP contribution is -2.35. The summed E-state index contributed by atoms with van der Waals surface area (Å²) in [6.45, 7) is 7.48. The van der Waals surface area contributed by atoms with Crippen LogP contribution in [0.25, 0.3) is 0 Å². The highest BCUT2D eigenvalue weighted by molar-refractivity contribution is 6.30. The quantitative estimate of drug-likeness (QED) is 0.576. The van der Waals surface area contributed by atoms with Gasteiger partial charge in [-0.2, -0.15) is 0 Å². The summed E-state index contributed by atoms with van der Waals surface area (Å²) in [4.78, 5) is 41.9. The van der Waals surface area contributed by atoms with E-state index in [2.05, 4.69) is 4.98 Å². The second-order valence-electron chi connectivity index (χ2n) is 6.09. The topological polar surface area (TPSA) is 79.5 Å². The molecule has 0 radical (unpaired) electrons. The molecule has 1 heterocycles. The molecule has 0 unspecified atom stereocenters. The molecule has 2 aromatic rings. The standard InChI is InChI=1S/C20H23ClN2O4/c1-5-23(19(25)14-7-9-15(21)10-8-14)11-16(24)17-12(3)18(22-13(17)4)20(26)27-6-2/h7-10,22H,5-6,11H2,1-4H3. The second-order valence-corrected chi connectivity index (χ2v) is 6.53. The summed E-state index contributed by atoms with van der Waals surface area (Å²) in [7, 11) is 0. The largest absolute Gasteiger partial charge is 0.461 e. The fourth-order valence-corrected chi connectivity index (χ4v) is 3.06. The zero-order valence-corrected chi connectivity index (χ0v) is 16.6. The number of H-pyrrole nitrogens is 1. The highest BCUT2D eigenvalue weighted by Gasteiger charge is 2.25. The molecular formula is C20H23ClN2O4. The summed E-state index contributed by atoms with van der Waals surface area (Å²) in [6, 6.07) is 6.53. The van der Waals surface area contributed by atoms with Crippen molar-refractivity contribution in [1.29, 1.82) is 0 Å². The van der Waals surface area contributed by atoms with Gasteiger partial charge in [-0.1, -0.05) is 11.6 Å². The van der Waals surface area contributed by atoms with Crippen LogP contribution in [0.4, 0.5) is 0 Å². The fraction of sp³-hybridized carbons (Fsp3) is 0.350. The van der Waals surface area contributed by atoms with Crippen LogP contribution < -0.4 is 0 Å². The van der Waals surface area contributed by atoms with Crippen LogP contribution in [0.5, 0.6) is 0 Å². The zero-order valence-electron chi connectivity index (χ0n) is 15.9. The molecule has 0 bridgehead atoms. The van der Waals surface area contributed by atoms with E-state index in [0.29, 0.717) is 34.0 Å². The Kier molecular flexibility index (Phi) is 6.80. The Balaban J connectivity index is 2.23. The molecule has 0 fully saturated rings. The number of ether oxygens (including phenoxy) is 1. The van der Waals surface area contributed by atoms with E-state index in [9.17, 15) is 14.4 Å². The number of esters is 1. The summed E-state index contributed by atoms with van der Waals surface area (Å²) < 4.78 is 5.01. The number of nitrogens with zero attached hydrogens (tertiary/aromatic N) is 1. The molecule has 1 N–H and O–H groups in total. The highest BCUT2D eigenvalue weighted by atomic mass is 35.5. The zero-order chi connectivity index (χ0) is 20.1. The van der Waals surface area contributed by atoms with E-state index in [1.54, 1.807) is 45.0 Å². The van der Waals surface area contributed by atoms with Crippen molar-refractivity contribution >= 4 is 29.3 Å². The van der Waals surface area contributed by atoms with Crippen molar-refractivity contribution in [3.63, 3.8) is 0 Å². The number of benzene rings is 1. The first-order chi connectivity index (χ1) is 12.8. The molecule has 0 saturated heterocycles. The van der Waals surface area contributed by atoms with Crippen LogP contribution in [0.2, 0.25) is 5.02 Å². The molecule has 7 heteroatoms. The number of hydrogen-bond donors (Lipinski definition) is 1. The molecule has 6 nitrogen and oxygen atoms in total. The minimum atomic E-state index is -0.498. The number of hydrogen-bond acceptors (Lipinski definition) is 4. The summed E-state index contributed by atoms with van der Waals surface area (Å²) in [5.41, 5.74) is 2.26. The van der Waals surface area contributed by atoms with Gasteiger partial charge in [0.05, 0.1) is 13.2 Å². The van der Waals surface area contributed by atoms with E-state index in [-0.39, 0.29) is 30.5 Å². The van der Waals surface area contributed by atoms with Gasteiger partial charge in [-0.05, 0) is 57.5 Å². The van der Waals surface area contributed by atoms with Gasteiger partial charge in [0.25, 0.3) is 5.91 Å². The van der Waals surface area contributed by atoms with E-state index in [4.69, 9.17) is 16.3 Å². The predicted octanol–water partition coefficient (Wildman–Crippen LogP) is 3.81. The van der Waals surface area contributed by atoms with Gasteiger partial charge in [0.15, 0.2) is 5.78 Å². The Labute approximate surface area is 163 Å². The lowest BCUT2D eigenvalue weighted by atomic mass is 10.0. The molecule has 2 rings (SSSR count). The number of rotatable bonds is 7. The van der Waals surface area contributed by atoms with Crippen molar-refractivity contribution in [2.45, 2.75) is 27.7 Å². The number of likely N-dealkylation sites (N-methyl/N-ethyl adjacent to an activating group) is 1. The molecule has 1 amide bonds. The van der Waals surface area contributed by atoms with Crippen molar-refractivity contribution in [3.05, 3.63) is 57.4 Å². The predicted molar refractivity (Wildman–Crippen MR) is 104 cm³/mol. The minimum absolute atomic E-state index is 0.0836. The SMILES string of the molecule is CCOC(=O)c1[nH]c(C)c(C(=O)CN(CC)C(=O)c2ccc(Cl)cc2)c1C. The van der Waals surface area contributed by atoms with E-state index < -0.39 is 5.97 Å². The summed E-state index contributed by atoms with van der Waals surface area (Å²) in [5, 5.41) is 0.538. The number of amides is 1. The van der Waals surface area contributed by atoms with Crippen LogP contribution in [-0.2, 0) is 4.74 Å². The first-order valence-electron chi connectivity index (χ1n) is 8.74. The van der Waals surface area contributed by atoms with Gasteiger partial charge >= 0.3 is 5.97 Å². The number of aromatic nitrogens is 1. The number of ketones is 1. The maximum absolute atomic E-state index is 12.9. The number of aryl methyl sites for hydroxylation is 1. The lowest BCUT2D eigenvalue weighted by Gasteiger charge is -2.20. The lowest BCUT2D eigenvalue weighted by molar-refractivity contribution is 0.0519. The number of halogens is 1. The van der Waals surface area contributed by atoms with Crippen LogP contribution in [0, 0.1) is 13.8 Å². The van der Waals surface area contributed by atoms with Gasteiger partial charge in [0.1, 0.15) is 5.69 Å². The van der Waals surface area contributed by atoms with Gasteiger partial charge in [-0.15, -0.1) is 0 Å². The van der Waals surface area contributed by atoms with E-state index in [0.717, 1.165) is 0 Å². The van der Waals surface area contributed by atoms with Crippen LogP contribution in [-0.4, -0.2) is 47.2 Å². The normalized spacial score (nSPS) is 10.6. The Bertz CT molecular complexity index is 856. The van der Waals surface area contributed by atoms with Crippen molar-refractivity contribution in [2.75, 3.05) is 19.7 Å². The van der Waals surface area contributed by atoms with Crippen LogP contribution in [0.1, 0.15) is 56.3 Å². The number of carbonyl (C=O) groups excluding carboxylic acids is 3. The first kappa shape index (κ1) is 20.7. The number of nitrogens with one attached hydrogen (secondary N) is 1. The van der Waals surface area contributed by atoms with E-state index in [1.165, 1.54) is 4.90 Å². The van der Waals surface area contributed by atoms with Crippen molar-refractivity contribution in [3.8, 4) is 0 Å².